The lowest BCUT2D eigenvalue weighted by Gasteiger charge is -2.54. The molecule has 2 aliphatic carbocycles. The minimum absolute atomic E-state index is 0.120. The molecule has 1 fully saturated rings. The fraction of sp³-hybridized carbons (Fsp3) is 0.778. The Morgan fingerprint density at radius 3 is 2.50 bits per heavy atom. The van der Waals surface area contributed by atoms with Crippen LogP contribution >= 0.6 is 0 Å². The Morgan fingerprint density at radius 2 is 1.90 bits per heavy atom. The molecule has 0 bridgehead atoms. The normalized spacial score (nSPS) is 33.0. The van der Waals surface area contributed by atoms with E-state index in [4.69, 9.17) is 0 Å². The maximum atomic E-state index is 12.4. The Morgan fingerprint density at radius 1 is 1.25 bits per heavy atom. The summed E-state index contributed by atoms with van der Waals surface area (Å²) in [5.41, 5.74) is 2.57. The number of carbonyl (C=O) groups excluding carboxylic acids is 2. The third kappa shape index (κ3) is 2.49. The van der Waals surface area contributed by atoms with E-state index < -0.39 is 0 Å². The lowest BCUT2D eigenvalue weighted by Crippen LogP contribution is -2.47. The van der Waals surface area contributed by atoms with Crippen LogP contribution in [0.15, 0.2) is 11.1 Å². The Kier molecular flexibility index (Phi) is 3.96. The molecule has 2 aliphatic rings. The van der Waals surface area contributed by atoms with Crippen molar-refractivity contribution >= 4 is 11.6 Å². The van der Waals surface area contributed by atoms with E-state index in [1.165, 1.54) is 24.8 Å². The number of Topliss-reactive ketones (excluding diaryl/α,β-unsaturated/α-hetero) is 2. The smallest absolute Gasteiger partial charge is 0.158 e. The predicted octanol–water partition coefficient (Wildman–Crippen LogP) is 4.48. The van der Waals surface area contributed by atoms with Crippen LogP contribution in [0.5, 0.6) is 0 Å². The lowest BCUT2D eigenvalue weighted by atomic mass is 9.49. The molecular formula is C18H28O2. The van der Waals surface area contributed by atoms with Crippen LogP contribution in [0, 0.1) is 16.7 Å². The van der Waals surface area contributed by atoms with E-state index >= 15 is 0 Å². The maximum Gasteiger partial charge on any atom is 0.158 e. The van der Waals surface area contributed by atoms with Crippen LogP contribution in [-0.2, 0) is 9.59 Å². The van der Waals surface area contributed by atoms with Gasteiger partial charge in [0.2, 0.25) is 0 Å². The quantitative estimate of drug-likeness (QED) is 0.761. The average molecular weight is 276 g/mol. The number of allylic oxidation sites excluding steroid dienone is 2. The Hall–Kier alpha value is -0.920. The summed E-state index contributed by atoms with van der Waals surface area (Å²) in [6.07, 6.45) is 5.64. The van der Waals surface area contributed by atoms with Gasteiger partial charge < -0.3 is 4.79 Å². The number of fused-ring (bicyclic) bond motifs is 1. The maximum absolute atomic E-state index is 12.4. The highest BCUT2D eigenvalue weighted by molar-refractivity contribution is 5.97. The Balaban J connectivity index is 2.42. The standard InChI is InChI=1S/C18H28O2/c1-12(19)7-8-14-13(2)15(20)11-16-17(3,4)9-6-10-18(14,16)5/h16H,6-11H2,1-5H3/t16-,18-/m1/s1. The van der Waals surface area contributed by atoms with Gasteiger partial charge >= 0.3 is 0 Å². The SMILES string of the molecule is CC(=O)CCC1=C(C)C(=O)C[C@@H]2C(C)(C)CCC[C@]12C. The van der Waals surface area contributed by atoms with Gasteiger partial charge in [0.05, 0.1) is 0 Å². The molecule has 1 saturated carbocycles. The second-order valence-corrected chi connectivity index (χ2v) is 7.75. The van der Waals surface area contributed by atoms with Gasteiger partial charge in [0.25, 0.3) is 0 Å². The Bertz CT molecular complexity index is 470. The van der Waals surface area contributed by atoms with Gasteiger partial charge in [0.15, 0.2) is 5.78 Å². The van der Waals surface area contributed by atoms with E-state index in [1.54, 1.807) is 6.92 Å². The first-order valence-corrected chi connectivity index (χ1v) is 7.91. The highest BCUT2D eigenvalue weighted by Gasteiger charge is 2.51. The van der Waals surface area contributed by atoms with Gasteiger partial charge in [-0.2, -0.15) is 0 Å². The third-order valence-electron chi connectivity index (χ3n) is 5.91. The minimum Gasteiger partial charge on any atom is -0.300 e. The van der Waals surface area contributed by atoms with Crippen molar-refractivity contribution in [3.63, 3.8) is 0 Å². The lowest BCUT2D eigenvalue weighted by molar-refractivity contribution is -0.122. The van der Waals surface area contributed by atoms with Gasteiger partial charge in [-0.25, -0.2) is 0 Å². The summed E-state index contributed by atoms with van der Waals surface area (Å²) in [5.74, 6) is 0.960. The van der Waals surface area contributed by atoms with Gasteiger partial charge in [-0.05, 0) is 55.4 Å². The fourth-order valence-corrected chi connectivity index (χ4v) is 4.69. The molecule has 0 heterocycles. The van der Waals surface area contributed by atoms with Crippen molar-refractivity contribution < 1.29 is 9.59 Å². The molecule has 2 atom stereocenters. The number of carbonyl (C=O) groups is 2. The first-order chi connectivity index (χ1) is 9.18. The van der Waals surface area contributed by atoms with Gasteiger partial charge in [-0.1, -0.05) is 32.8 Å². The number of hydrogen-bond donors (Lipinski definition) is 0. The Labute approximate surface area is 123 Å². The molecule has 2 rings (SSSR count). The van der Waals surface area contributed by atoms with Crippen LogP contribution < -0.4 is 0 Å². The second kappa shape index (κ2) is 5.13. The van der Waals surface area contributed by atoms with Crippen LogP contribution in [0.25, 0.3) is 0 Å². The molecule has 0 aliphatic heterocycles. The van der Waals surface area contributed by atoms with Crippen molar-refractivity contribution in [3.8, 4) is 0 Å². The summed E-state index contributed by atoms with van der Waals surface area (Å²) in [6.45, 7) is 10.6. The van der Waals surface area contributed by atoms with Gasteiger partial charge in [-0.3, -0.25) is 4.79 Å². The van der Waals surface area contributed by atoms with Crippen LogP contribution in [0.2, 0.25) is 0 Å². The molecule has 20 heavy (non-hydrogen) atoms. The highest BCUT2D eigenvalue weighted by atomic mass is 16.1. The first-order valence-electron chi connectivity index (χ1n) is 7.91. The fourth-order valence-electron chi connectivity index (χ4n) is 4.69. The van der Waals surface area contributed by atoms with Crippen LogP contribution in [0.4, 0.5) is 0 Å². The van der Waals surface area contributed by atoms with Gasteiger partial charge in [0.1, 0.15) is 5.78 Å². The summed E-state index contributed by atoms with van der Waals surface area (Å²) in [7, 11) is 0. The molecule has 0 amide bonds. The number of hydrogen-bond acceptors (Lipinski definition) is 2. The zero-order chi connectivity index (χ0) is 15.1. The minimum atomic E-state index is 0.120. The summed E-state index contributed by atoms with van der Waals surface area (Å²) in [6, 6.07) is 0. The molecule has 0 saturated heterocycles. The molecule has 2 nitrogen and oxygen atoms in total. The molecule has 0 aromatic rings. The van der Waals surface area contributed by atoms with E-state index in [0.29, 0.717) is 24.5 Å². The van der Waals surface area contributed by atoms with Crippen molar-refractivity contribution in [1.82, 2.24) is 0 Å². The molecule has 0 aromatic carbocycles. The molecule has 2 heteroatoms. The molecular weight excluding hydrogens is 248 g/mol. The van der Waals surface area contributed by atoms with Crippen LogP contribution in [0.3, 0.4) is 0 Å². The zero-order valence-corrected chi connectivity index (χ0v) is 13.6. The second-order valence-electron chi connectivity index (χ2n) is 7.75. The van der Waals surface area contributed by atoms with E-state index in [2.05, 4.69) is 20.8 Å². The highest BCUT2D eigenvalue weighted by Crippen LogP contribution is 2.59. The van der Waals surface area contributed by atoms with Crippen molar-refractivity contribution in [3.05, 3.63) is 11.1 Å². The van der Waals surface area contributed by atoms with E-state index in [1.807, 2.05) is 6.92 Å². The molecule has 0 unspecified atom stereocenters. The van der Waals surface area contributed by atoms with Crippen molar-refractivity contribution in [2.75, 3.05) is 0 Å². The number of ketones is 2. The number of rotatable bonds is 3. The van der Waals surface area contributed by atoms with Crippen LogP contribution in [-0.4, -0.2) is 11.6 Å². The molecule has 0 aromatic heterocycles. The average Bonchev–Trinajstić information content (AvgIpc) is 2.31. The summed E-state index contributed by atoms with van der Waals surface area (Å²) < 4.78 is 0. The van der Waals surface area contributed by atoms with Gasteiger partial charge in [0, 0.05) is 12.8 Å². The van der Waals surface area contributed by atoms with Crippen molar-refractivity contribution in [2.45, 2.75) is 73.1 Å². The van der Waals surface area contributed by atoms with Gasteiger partial charge in [-0.15, -0.1) is 0 Å². The summed E-state index contributed by atoms with van der Waals surface area (Å²) >= 11 is 0. The summed E-state index contributed by atoms with van der Waals surface area (Å²) in [5, 5.41) is 0. The van der Waals surface area contributed by atoms with Crippen molar-refractivity contribution in [1.29, 1.82) is 0 Å². The topological polar surface area (TPSA) is 34.1 Å². The summed E-state index contributed by atoms with van der Waals surface area (Å²) in [4.78, 5) is 23.8. The molecule has 0 N–H and O–H groups in total. The first kappa shape index (κ1) is 15.5. The largest absolute Gasteiger partial charge is 0.300 e. The van der Waals surface area contributed by atoms with Crippen molar-refractivity contribution in [2.24, 2.45) is 16.7 Å². The van der Waals surface area contributed by atoms with Crippen LogP contribution in [0.1, 0.15) is 73.1 Å². The zero-order valence-electron chi connectivity index (χ0n) is 13.6. The molecule has 112 valence electrons. The monoisotopic (exact) mass is 276 g/mol. The van der Waals surface area contributed by atoms with E-state index in [-0.39, 0.29) is 16.6 Å². The molecule has 0 spiro atoms. The molecule has 0 radical (unpaired) electrons. The van der Waals surface area contributed by atoms with E-state index in [9.17, 15) is 9.59 Å². The third-order valence-corrected chi connectivity index (χ3v) is 5.91. The predicted molar refractivity (Wildman–Crippen MR) is 81.5 cm³/mol. The van der Waals surface area contributed by atoms with E-state index in [0.717, 1.165) is 12.0 Å².